The van der Waals surface area contributed by atoms with E-state index in [-0.39, 0.29) is 11.6 Å². The average Bonchev–Trinajstić information content (AvgIpc) is 2.54. The summed E-state index contributed by atoms with van der Waals surface area (Å²) in [6, 6.07) is 15.0. The number of hydrogen-bond acceptors (Lipinski definition) is 2. The Labute approximate surface area is 125 Å². The normalized spacial score (nSPS) is 10.4. The molecule has 107 valence electrons. The minimum atomic E-state index is 0.112. The lowest BCUT2D eigenvalue weighted by Crippen LogP contribution is -2.05. The predicted molar refractivity (Wildman–Crippen MR) is 84.6 cm³/mol. The Hall–Kier alpha value is -2.22. The van der Waals surface area contributed by atoms with Gasteiger partial charge >= 0.3 is 0 Å². The molecule has 21 heavy (non-hydrogen) atoms. The zero-order chi connectivity index (χ0) is 15.2. The van der Waals surface area contributed by atoms with E-state index in [1.807, 2.05) is 68.8 Å². The number of benzene rings is 2. The van der Waals surface area contributed by atoms with E-state index in [9.17, 15) is 9.59 Å². The van der Waals surface area contributed by atoms with Crippen molar-refractivity contribution in [3.63, 3.8) is 0 Å². The highest BCUT2D eigenvalue weighted by molar-refractivity contribution is 5.99. The van der Waals surface area contributed by atoms with E-state index >= 15 is 0 Å². The van der Waals surface area contributed by atoms with Crippen LogP contribution in [0.15, 0.2) is 48.5 Å². The highest BCUT2D eigenvalue weighted by Crippen LogP contribution is 2.21. The van der Waals surface area contributed by atoms with Gasteiger partial charge in [-0.2, -0.15) is 0 Å². The van der Waals surface area contributed by atoms with E-state index < -0.39 is 0 Å². The number of carbonyl (C=O) groups excluding carboxylic acids is 2. The highest BCUT2D eigenvalue weighted by Gasteiger charge is 2.13. The van der Waals surface area contributed by atoms with Gasteiger partial charge in [0, 0.05) is 30.4 Å². The summed E-state index contributed by atoms with van der Waals surface area (Å²) in [5.41, 5.74) is 3.14. The van der Waals surface area contributed by atoms with Crippen LogP contribution in [0.4, 0.5) is 0 Å². The Kier molecular flexibility index (Phi) is 5.04. The summed E-state index contributed by atoms with van der Waals surface area (Å²) in [4.78, 5) is 24.0. The van der Waals surface area contributed by atoms with Gasteiger partial charge in [0.15, 0.2) is 11.6 Å². The molecule has 1 radical (unpaired) electrons. The molecule has 2 heteroatoms. The third-order valence-electron chi connectivity index (χ3n) is 3.48. The summed E-state index contributed by atoms with van der Waals surface area (Å²) < 4.78 is 0. The SMILES string of the molecule is CCC(=O)c1ccccc1[CH]c1ccccc1C(=O)CC. The fourth-order valence-electron chi connectivity index (χ4n) is 2.30. The van der Waals surface area contributed by atoms with Crippen LogP contribution < -0.4 is 0 Å². The van der Waals surface area contributed by atoms with Crippen molar-refractivity contribution in [2.75, 3.05) is 0 Å². The average molecular weight is 279 g/mol. The molecule has 0 aliphatic heterocycles. The maximum Gasteiger partial charge on any atom is 0.162 e. The molecule has 0 saturated heterocycles. The molecule has 0 aliphatic carbocycles. The molecule has 0 amide bonds. The molecular weight excluding hydrogens is 260 g/mol. The maximum absolute atomic E-state index is 12.0. The molecule has 0 fully saturated rings. The molecule has 2 nitrogen and oxygen atoms in total. The second kappa shape index (κ2) is 6.98. The largest absolute Gasteiger partial charge is 0.294 e. The van der Waals surface area contributed by atoms with Crippen LogP contribution in [-0.2, 0) is 0 Å². The lowest BCUT2D eigenvalue weighted by Gasteiger charge is -2.10. The van der Waals surface area contributed by atoms with E-state index in [0.717, 1.165) is 11.1 Å². The molecule has 0 aromatic heterocycles. The van der Waals surface area contributed by atoms with Gasteiger partial charge in [0.25, 0.3) is 0 Å². The van der Waals surface area contributed by atoms with Crippen molar-refractivity contribution in [3.05, 3.63) is 77.2 Å². The number of Topliss-reactive ketones (excluding diaryl/α,β-unsaturated/α-hetero) is 2. The monoisotopic (exact) mass is 279 g/mol. The van der Waals surface area contributed by atoms with Crippen LogP contribution in [0.25, 0.3) is 0 Å². The second-order valence-electron chi connectivity index (χ2n) is 4.87. The van der Waals surface area contributed by atoms with Crippen molar-refractivity contribution in [3.8, 4) is 0 Å². The number of hydrogen-bond donors (Lipinski definition) is 0. The first kappa shape index (κ1) is 15.2. The smallest absolute Gasteiger partial charge is 0.162 e. The molecule has 0 saturated carbocycles. The fraction of sp³-hybridized carbons (Fsp3) is 0.211. The van der Waals surface area contributed by atoms with Gasteiger partial charge in [0.2, 0.25) is 0 Å². The fourth-order valence-corrected chi connectivity index (χ4v) is 2.30. The Morgan fingerprint density at radius 1 is 0.762 bits per heavy atom. The molecule has 0 N–H and O–H groups in total. The van der Waals surface area contributed by atoms with Crippen LogP contribution >= 0.6 is 0 Å². The number of ketones is 2. The van der Waals surface area contributed by atoms with Crippen molar-refractivity contribution in [2.24, 2.45) is 0 Å². The van der Waals surface area contributed by atoms with Gasteiger partial charge in [-0.1, -0.05) is 62.4 Å². The summed E-state index contributed by atoms with van der Waals surface area (Å²) in [5.74, 6) is 0.224. The standard InChI is InChI=1S/C19H19O2/c1-3-18(20)16-11-7-5-9-14(16)13-15-10-6-8-12-17(15)19(21)4-2/h5-13H,3-4H2,1-2H3. The van der Waals surface area contributed by atoms with Gasteiger partial charge in [-0.3, -0.25) is 9.59 Å². The first-order valence-electron chi connectivity index (χ1n) is 7.26. The Morgan fingerprint density at radius 3 is 1.52 bits per heavy atom. The third kappa shape index (κ3) is 3.46. The molecular formula is C19H19O2. The summed E-state index contributed by atoms with van der Waals surface area (Å²) in [5, 5.41) is 0. The van der Waals surface area contributed by atoms with Crippen molar-refractivity contribution in [1.29, 1.82) is 0 Å². The third-order valence-corrected chi connectivity index (χ3v) is 3.48. The van der Waals surface area contributed by atoms with Gasteiger partial charge in [0.1, 0.15) is 0 Å². The summed E-state index contributed by atoms with van der Waals surface area (Å²) in [6.45, 7) is 3.71. The minimum Gasteiger partial charge on any atom is -0.294 e. The lowest BCUT2D eigenvalue weighted by molar-refractivity contribution is 0.0980. The molecule has 2 aromatic carbocycles. The Morgan fingerprint density at radius 2 is 1.14 bits per heavy atom. The Balaban J connectivity index is 2.40. The minimum absolute atomic E-state index is 0.112. The van der Waals surface area contributed by atoms with Gasteiger partial charge in [-0.05, 0) is 11.1 Å². The van der Waals surface area contributed by atoms with Crippen LogP contribution in [0.2, 0.25) is 0 Å². The first-order valence-corrected chi connectivity index (χ1v) is 7.26. The van der Waals surface area contributed by atoms with Crippen molar-refractivity contribution in [1.82, 2.24) is 0 Å². The van der Waals surface area contributed by atoms with E-state index in [0.29, 0.717) is 24.0 Å². The zero-order valence-corrected chi connectivity index (χ0v) is 12.4. The Bertz CT molecular complexity index is 599. The molecule has 0 bridgehead atoms. The van der Waals surface area contributed by atoms with E-state index in [1.165, 1.54) is 0 Å². The molecule has 2 aromatic rings. The van der Waals surface area contributed by atoms with E-state index in [4.69, 9.17) is 0 Å². The van der Waals surface area contributed by atoms with E-state index in [1.54, 1.807) is 0 Å². The topological polar surface area (TPSA) is 34.1 Å². The second-order valence-corrected chi connectivity index (χ2v) is 4.87. The summed E-state index contributed by atoms with van der Waals surface area (Å²) in [6.07, 6.45) is 2.87. The first-order chi connectivity index (χ1) is 10.2. The van der Waals surface area contributed by atoms with E-state index in [2.05, 4.69) is 0 Å². The zero-order valence-electron chi connectivity index (χ0n) is 12.4. The number of rotatable bonds is 6. The maximum atomic E-state index is 12.0. The van der Waals surface area contributed by atoms with Crippen LogP contribution in [0.5, 0.6) is 0 Å². The molecule has 2 rings (SSSR count). The molecule has 0 atom stereocenters. The van der Waals surface area contributed by atoms with Crippen LogP contribution in [0.3, 0.4) is 0 Å². The van der Waals surface area contributed by atoms with Gasteiger partial charge < -0.3 is 0 Å². The van der Waals surface area contributed by atoms with Crippen LogP contribution in [-0.4, -0.2) is 11.6 Å². The molecule has 0 spiro atoms. The molecule has 0 unspecified atom stereocenters. The van der Waals surface area contributed by atoms with Crippen LogP contribution in [0, 0.1) is 6.42 Å². The molecule has 0 heterocycles. The lowest BCUT2D eigenvalue weighted by atomic mass is 9.92. The summed E-state index contributed by atoms with van der Waals surface area (Å²) >= 11 is 0. The van der Waals surface area contributed by atoms with Gasteiger partial charge in [-0.15, -0.1) is 0 Å². The van der Waals surface area contributed by atoms with Crippen molar-refractivity contribution < 1.29 is 9.59 Å². The highest BCUT2D eigenvalue weighted by atomic mass is 16.1. The summed E-state index contributed by atoms with van der Waals surface area (Å²) in [7, 11) is 0. The van der Waals surface area contributed by atoms with Crippen molar-refractivity contribution >= 4 is 11.6 Å². The molecule has 0 aliphatic rings. The van der Waals surface area contributed by atoms with Crippen molar-refractivity contribution in [2.45, 2.75) is 26.7 Å². The van der Waals surface area contributed by atoms with Gasteiger partial charge in [0.05, 0.1) is 0 Å². The number of carbonyl (C=O) groups is 2. The quantitative estimate of drug-likeness (QED) is 0.731. The van der Waals surface area contributed by atoms with Gasteiger partial charge in [-0.25, -0.2) is 0 Å². The predicted octanol–water partition coefficient (Wildman–Crippen LogP) is 4.47. The van der Waals surface area contributed by atoms with Crippen LogP contribution in [0.1, 0.15) is 58.5 Å².